The summed E-state index contributed by atoms with van der Waals surface area (Å²) in [6, 6.07) is 0. The number of hydrogen-bond acceptors (Lipinski definition) is 3. The van der Waals surface area contributed by atoms with Crippen LogP contribution in [0.1, 0.15) is 6.92 Å². The first-order chi connectivity index (χ1) is 5.15. The zero-order valence-corrected chi connectivity index (χ0v) is 9.68. The Kier molecular flexibility index (Phi) is 4.55. The maximum absolute atomic E-state index is 4.18. The minimum atomic E-state index is 0. The van der Waals surface area contributed by atoms with Gasteiger partial charge >= 0.3 is 0 Å². The zero-order chi connectivity index (χ0) is 8.43. The molecule has 1 aromatic heterocycles. The molecule has 0 aliphatic heterocycles. The molecule has 1 heterocycles. The lowest BCUT2D eigenvalue weighted by molar-refractivity contribution is 0.649. The van der Waals surface area contributed by atoms with Crippen LogP contribution in [0.4, 0.5) is 5.95 Å². The second kappa shape index (κ2) is 4.67. The molecule has 0 fully saturated rings. The summed E-state index contributed by atoms with van der Waals surface area (Å²) in [5.41, 5.74) is 0. The molecule has 12 heavy (non-hydrogen) atoms. The van der Waals surface area contributed by atoms with Crippen molar-refractivity contribution in [2.75, 3.05) is 19.0 Å². The van der Waals surface area contributed by atoms with Gasteiger partial charge in [-0.25, -0.2) is 4.68 Å². The average Bonchev–Trinajstić information content (AvgIpc) is 2.30. The highest BCUT2D eigenvalue weighted by molar-refractivity contribution is 9.10. The fourth-order valence-corrected chi connectivity index (χ4v) is 1.20. The van der Waals surface area contributed by atoms with E-state index in [-0.39, 0.29) is 12.4 Å². The fraction of sp³-hybridized carbons (Fsp3) is 0.667. The number of aromatic nitrogens is 3. The van der Waals surface area contributed by atoms with E-state index in [4.69, 9.17) is 0 Å². The van der Waals surface area contributed by atoms with Gasteiger partial charge in [0.1, 0.15) is 0 Å². The molecule has 0 N–H and O–H groups in total. The van der Waals surface area contributed by atoms with Crippen LogP contribution in [0.3, 0.4) is 0 Å². The molecule has 0 radical (unpaired) electrons. The molecule has 0 atom stereocenters. The Hall–Kier alpha value is -0.290. The van der Waals surface area contributed by atoms with Crippen molar-refractivity contribution in [2.24, 2.45) is 0 Å². The van der Waals surface area contributed by atoms with E-state index in [1.165, 1.54) is 0 Å². The summed E-state index contributed by atoms with van der Waals surface area (Å²) < 4.78 is 2.48. The predicted molar refractivity (Wildman–Crippen MR) is 55.0 cm³/mol. The molecule has 1 aromatic rings. The number of rotatable bonds is 2. The van der Waals surface area contributed by atoms with E-state index >= 15 is 0 Å². The van der Waals surface area contributed by atoms with Gasteiger partial charge in [-0.2, -0.15) is 4.98 Å². The maximum Gasteiger partial charge on any atom is 0.224 e. The molecule has 0 unspecified atom stereocenters. The van der Waals surface area contributed by atoms with Gasteiger partial charge in [0, 0.05) is 20.6 Å². The summed E-state index contributed by atoms with van der Waals surface area (Å²) >= 11 is 3.22. The standard InChI is InChI=1S/C6H11BrN4.ClH/c1-4-11-6(10(2)3)8-5(7)9-11;/h4H2,1-3H3;1H. The highest BCUT2D eigenvalue weighted by Crippen LogP contribution is 2.11. The summed E-state index contributed by atoms with van der Waals surface area (Å²) in [4.78, 5) is 6.11. The quantitative estimate of drug-likeness (QED) is 0.804. The van der Waals surface area contributed by atoms with Crippen LogP contribution in [-0.4, -0.2) is 28.9 Å². The van der Waals surface area contributed by atoms with Crippen LogP contribution < -0.4 is 4.90 Å². The van der Waals surface area contributed by atoms with Crippen molar-refractivity contribution in [3.05, 3.63) is 4.73 Å². The summed E-state index contributed by atoms with van der Waals surface area (Å²) in [7, 11) is 3.89. The Morgan fingerprint density at radius 3 is 2.42 bits per heavy atom. The van der Waals surface area contributed by atoms with Gasteiger partial charge in [-0.3, -0.25) is 0 Å². The molecule has 4 nitrogen and oxygen atoms in total. The lowest BCUT2D eigenvalue weighted by Crippen LogP contribution is -2.15. The van der Waals surface area contributed by atoms with E-state index in [9.17, 15) is 0 Å². The van der Waals surface area contributed by atoms with E-state index in [0.717, 1.165) is 12.5 Å². The Morgan fingerprint density at radius 2 is 2.08 bits per heavy atom. The van der Waals surface area contributed by atoms with Crippen molar-refractivity contribution in [1.82, 2.24) is 14.8 Å². The summed E-state index contributed by atoms with van der Waals surface area (Å²) in [5.74, 6) is 0.874. The third-order valence-electron chi connectivity index (χ3n) is 1.33. The number of aryl methyl sites for hydroxylation is 1. The van der Waals surface area contributed by atoms with Crippen LogP contribution in [0, 0.1) is 0 Å². The highest BCUT2D eigenvalue weighted by atomic mass is 79.9. The van der Waals surface area contributed by atoms with Gasteiger partial charge in [0.2, 0.25) is 10.7 Å². The average molecular weight is 256 g/mol. The van der Waals surface area contributed by atoms with Crippen LogP contribution in [0.15, 0.2) is 4.73 Å². The molecule has 0 spiro atoms. The highest BCUT2D eigenvalue weighted by Gasteiger charge is 2.06. The topological polar surface area (TPSA) is 34.0 Å². The van der Waals surface area contributed by atoms with Crippen molar-refractivity contribution >= 4 is 34.3 Å². The number of hydrogen-bond donors (Lipinski definition) is 0. The molecule has 0 aliphatic carbocycles. The van der Waals surface area contributed by atoms with Crippen molar-refractivity contribution in [3.8, 4) is 0 Å². The predicted octanol–water partition coefficient (Wildman–Crippen LogP) is 1.55. The second-order valence-electron chi connectivity index (χ2n) is 2.39. The molecular weight excluding hydrogens is 243 g/mol. The molecule has 0 aliphatic rings. The smallest absolute Gasteiger partial charge is 0.224 e. The molecular formula is C6H12BrClN4. The Labute approximate surface area is 86.5 Å². The van der Waals surface area contributed by atoms with Gasteiger partial charge in [0.05, 0.1) is 0 Å². The Balaban J connectivity index is 0.00000121. The molecule has 0 saturated carbocycles. The third kappa shape index (κ3) is 2.35. The summed E-state index contributed by atoms with van der Waals surface area (Å²) in [6.45, 7) is 2.88. The SMILES string of the molecule is CCn1nc(Br)nc1N(C)C.Cl. The Bertz CT molecular complexity index is 248. The van der Waals surface area contributed by atoms with E-state index in [1.54, 1.807) is 0 Å². The number of halogens is 2. The monoisotopic (exact) mass is 254 g/mol. The van der Waals surface area contributed by atoms with E-state index in [2.05, 4.69) is 26.0 Å². The first kappa shape index (κ1) is 11.7. The third-order valence-corrected chi connectivity index (χ3v) is 1.66. The zero-order valence-electron chi connectivity index (χ0n) is 7.28. The molecule has 1 rings (SSSR count). The first-order valence-electron chi connectivity index (χ1n) is 3.42. The molecule has 70 valence electrons. The van der Waals surface area contributed by atoms with Crippen molar-refractivity contribution in [3.63, 3.8) is 0 Å². The van der Waals surface area contributed by atoms with Gasteiger partial charge in [-0.05, 0) is 22.9 Å². The largest absolute Gasteiger partial charge is 0.347 e. The maximum atomic E-state index is 4.18. The lowest BCUT2D eigenvalue weighted by Gasteiger charge is -2.10. The van der Waals surface area contributed by atoms with Gasteiger partial charge < -0.3 is 4.90 Å². The van der Waals surface area contributed by atoms with E-state index < -0.39 is 0 Å². The lowest BCUT2D eigenvalue weighted by atomic mass is 10.7. The summed E-state index contributed by atoms with van der Waals surface area (Å²) in [6.07, 6.45) is 0. The second-order valence-corrected chi connectivity index (χ2v) is 3.10. The van der Waals surface area contributed by atoms with Crippen LogP contribution in [0.2, 0.25) is 0 Å². The number of anilines is 1. The van der Waals surface area contributed by atoms with Crippen LogP contribution in [-0.2, 0) is 6.54 Å². The van der Waals surface area contributed by atoms with E-state index in [1.807, 2.05) is 30.6 Å². The molecule has 0 bridgehead atoms. The molecule has 6 heteroatoms. The van der Waals surface area contributed by atoms with Crippen molar-refractivity contribution in [2.45, 2.75) is 13.5 Å². The van der Waals surface area contributed by atoms with Crippen LogP contribution in [0.5, 0.6) is 0 Å². The first-order valence-corrected chi connectivity index (χ1v) is 4.22. The normalized spacial score (nSPS) is 9.33. The fourth-order valence-electron chi connectivity index (χ4n) is 0.850. The van der Waals surface area contributed by atoms with Crippen LogP contribution in [0.25, 0.3) is 0 Å². The van der Waals surface area contributed by atoms with Gasteiger partial charge in [0.15, 0.2) is 0 Å². The van der Waals surface area contributed by atoms with Crippen LogP contribution >= 0.6 is 28.3 Å². The van der Waals surface area contributed by atoms with Crippen molar-refractivity contribution in [1.29, 1.82) is 0 Å². The van der Waals surface area contributed by atoms with Gasteiger partial charge in [0.25, 0.3) is 0 Å². The molecule has 0 amide bonds. The van der Waals surface area contributed by atoms with Crippen molar-refractivity contribution < 1.29 is 0 Å². The van der Waals surface area contributed by atoms with Gasteiger partial charge in [-0.15, -0.1) is 17.5 Å². The summed E-state index contributed by atoms with van der Waals surface area (Å²) in [5, 5.41) is 4.13. The van der Waals surface area contributed by atoms with E-state index in [0.29, 0.717) is 4.73 Å². The van der Waals surface area contributed by atoms with Gasteiger partial charge in [-0.1, -0.05) is 0 Å². The minimum absolute atomic E-state index is 0. The minimum Gasteiger partial charge on any atom is -0.347 e. The molecule has 0 saturated heterocycles. The number of nitrogens with zero attached hydrogens (tertiary/aromatic N) is 4. The molecule has 0 aromatic carbocycles. The Morgan fingerprint density at radius 1 is 1.50 bits per heavy atom.